The molecule has 0 saturated heterocycles. The molecule has 2 nitrogen and oxygen atoms in total. The molecule has 0 aromatic rings. The fourth-order valence-electron chi connectivity index (χ4n) is 0.346. The smallest absolute Gasteiger partial charge is 0.277 e. The van der Waals surface area contributed by atoms with Crippen molar-refractivity contribution in [3.8, 4) is 0 Å². The molecule has 0 amide bonds. The van der Waals surface area contributed by atoms with E-state index in [1.54, 1.807) is 0 Å². The van der Waals surface area contributed by atoms with Crippen LogP contribution in [0.2, 0.25) is 6.32 Å². The normalized spacial score (nSPS) is 9.25. The summed E-state index contributed by atoms with van der Waals surface area (Å²) >= 11 is 0. The Morgan fingerprint density at radius 2 is 2.12 bits per heavy atom. The summed E-state index contributed by atoms with van der Waals surface area (Å²) in [5.41, 5.74) is 0. The summed E-state index contributed by atoms with van der Waals surface area (Å²) in [7, 11) is 0.806. The summed E-state index contributed by atoms with van der Waals surface area (Å²) in [5, 5.41) is 0. The lowest BCUT2D eigenvalue weighted by molar-refractivity contribution is 0.0243. The Morgan fingerprint density at radius 1 is 1.38 bits per heavy atom. The van der Waals surface area contributed by atoms with E-state index in [0.29, 0.717) is 6.79 Å². The minimum absolute atomic E-state index is 0.449. The van der Waals surface area contributed by atoms with E-state index in [0.717, 1.165) is 20.4 Å². The Morgan fingerprint density at radius 3 is 2.62 bits per heavy atom. The maximum atomic E-state index is 5.00. The van der Waals surface area contributed by atoms with Gasteiger partial charge in [-0.3, -0.25) is 0 Å². The Bertz CT molecular complexity index is 35.4. The van der Waals surface area contributed by atoms with Crippen molar-refractivity contribution in [3.05, 3.63) is 0 Å². The van der Waals surface area contributed by atoms with Crippen LogP contribution in [0, 0.1) is 0 Å². The molecule has 48 valence electrons. The molecule has 0 radical (unpaired) electrons. The van der Waals surface area contributed by atoms with E-state index in [9.17, 15) is 0 Å². The molecule has 0 aromatic heterocycles. The molecule has 0 aromatic carbocycles. The van der Waals surface area contributed by atoms with E-state index in [4.69, 9.17) is 9.39 Å². The molecular formula is C5H13BO2. The van der Waals surface area contributed by atoms with Crippen molar-refractivity contribution in [2.45, 2.75) is 20.2 Å². The summed E-state index contributed by atoms with van der Waals surface area (Å²) < 4.78 is 9.91. The predicted octanol–water partition coefficient (Wildman–Crippen LogP) is 0.787. The van der Waals surface area contributed by atoms with E-state index in [1.165, 1.54) is 0 Å². The van der Waals surface area contributed by atoms with Crippen molar-refractivity contribution >= 4 is 7.48 Å². The van der Waals surface area contributed by atoms with E-state index in [2.05, 4.69) is 6.92 Å². The van der Waals surface area contributed by atoms with E-state index in [1.807, 2.05) is 6.92 Å². The van der Waals surface area contributed by atoms with E-state index < -0.39 is 0 Å². The van der Waals surface area contributed by atoms with Gasteiger partial charge in [-0.05, 0) is 6.92 Å². The summed E-state index contributed by atoms with van der Waals surface area (Å²) in [5.74, 6) is 0. The van der Waals surface area contributed by atoms with Crippen molar-refractivity contribution in [2.24, 2.45) is 0 Å². The highest BCUT2D eigenvalue weighted by Crippen LogP contribution is 1.78. The topological polar surface area (TPSA) is 18.5 Å². The first kappa shape index (κ1) is 7.98. The fourth-order valence-corrected chi connectivity index (χ4v) is 0.346. The average Bonchev–Trinajstić information content (AvgIpc) is 1.81. The SMILES string of the molecule is CCBOCOCC. The third-order valence-electron chi connectivity index (χ3n) is 0.719. The largest absolute Gasteiger partial charge is 0.418 e. The molecule has 0 saturated carbocycles. The molecule has 0 N–H and O–H groups in total. The van der Waals surface area contributed by atoms with Gasteiger partial charge in [0.15, 0.2) is 0 Å². The minimum atomic E-state index is 0.449. The minimum Gasteiger partial charge on any atom is -0.418 e. The standard InChI is InChI=1S/C5H13BO2/c1-3-6-8-5-7-4-2/h6H,3-5H2,1-2H3. The Hall–Kier alpha value is -0.0151. The lowest BCUT2D eigenvalue weighted by atomic mass is 9.98. The van der Waals surface area contributed by atoms with Gasteiger partial charge in [-0.2, -0.15) is 0 Å². The Labute approximate surface area is 51.4 Å². The number of hydrogen-bond acceptors (Lipinski definition) is 2. The van der Waals surface area contributed by atoms with Crippen molar-refractivity contribution in [2.75, 3.05) is 13.4 Å². The molecule has 8 heavy (non-hydrogen) atoms. The molecule has 3 heteroatoms. The zero-order valence-corrected chi connectivity index (χ0v) is 5.64. The summed E-state index contributed by atoms with van der Waals surface area (Å²) in [6.07, 6.45) is 1.06. The number of ether oxygens (including phenoxy) is 1. The van der Waals surface area contributed by atoms with Crippen LogP contribution in [0.4, 0.5) is 0 Å². The van der Waals surface area contributed by atoms with E-state index in [-0.39, 0.29) is 0 Å². The number of hydrogen-bond donors (Lipinski definition) is 0. The highest BCUT2D eigenvalue weighted by Gasteiger charge is 1.83. The van der Waals surface area contributed by atoms with Crippen LogP contribution >= 0.6 is 0 Å². The first-order chi connectivity index (χ1) is 3.91. The maximum Gasteiger partial charge on any atom is 0.277 e. The van der Waals surface area contributed by atoms with Gasteiger partial charge in [-0.15, -0.1) is 0 Å². The van der Waals surface area contributed by atoms with Crippen LogP contribution in [-0.4, -0.2) is 20.9 Å². The van der Waals surface area contributed by atoms with Gasteiger partial charge in [0.2, 0.25) is 0 Å². The van der Waals surface area contributed by atoms with Crippen LogP contribution in [0.5, 0.6) is 0 Å². The van der Waals surface area contributed by atoms with E-state index >= 15 is 0 Å². The molecule has 0 aliphatic carbocycles. The van der Waals surface area contributed by atoms with Crippen molar-refractivity contribution < 1.29 is 9.39 Å². The second kappa shape index (κ2) is 6.98. The van der Waals surface area contributed by atoms with Crippen LogP contribution < -0.4 is 0 Å². The third-order valence-corrected chi connectivity index (χ3v) is 0.719. The van der Waals surface area contributed by atoms with Gasteiger partial charge in [-0.1, -0.05) is 13.2 Å². The van der Waals surface area contributed by atoms with Gasteiger partial charge in [0.1, 0.15) is 6.79 Å². The zero-order valence-electron chi connectivity index (χ0n) is 5.64. The van der Waals surface area contributed by atoms with Crippen LogP contribution in [0.1, 0.15) is 13.8 Å². The van der Waals surface area contributed by atoms with Gasteiger partial charge >= 0.3 is 0 Å². The van der Waals surface area contributed by atoms with Crippen LogP contribution in [0.3, 0.4) is 0 Å². The zero-order chi connectivity index (χ0) is 6.24. The van der Waals surface area contributed by atoms with Gasteiger partial charge in [0.25, 0.3) is 7.48 Å². The second-order valence-corrected chi connectivity index (χ2v) is 1.52. The molecule has 0 rings (SSSR count). The molecular weight excluding hydrogens is 103 g/mol. The second-order valence-electron chi connectivity index (χ2n) is 1.52. The molecule has 0 bridgehead atoms. The average molecular weight is 116 g/mol. The summed E-state index contributed by atoms with van der Waals surface area (Å²) in [6, 6.07) is 0. The highest BCUT2D eigenvalue weighted by molar-refractivity contribution is 6.26. The molecule has 0 heterocycles. The van der Waals surface area contributed by atoms with Crippen molar-refractivity contribution in [3.63, 3.8) is 0 Å². The van der Waals surface area contributed by atoms with Gasteiger partial charge in [0.05, 0.1) is 0 Å². The molecule has 0 unspecified atom stereocenters. The summed E-state index contributed by atoms with van der Waals surface area (Å²) in [4.78, 5) is 0. The van der Waals surface area contributed by atoms with Crippen molar-refractivity contribution in [1.29, 1.82) is 0 Å². The van der Waals surface area contributed by atoms with Gasteiger partial charge < -0.3 is 9.39 Å². The van der Waals surface area contributed by atoms with Crippen LogP contribution in [-0.2, 0) is 9.39 Å². The monoisotopic (exact) mass is 116 g/mol. The van der Waals surface area contributed by atoms with Crippen LogP contribution in [0.25, 0.3) is 0 Å². The maximum absolute atomic E-state index is 5.00. The highest BCUT2D eigenvalue weighted by atomic mass is 16.6. The Kier molecular flexibility index (Phi) is 6.97. The third kappa shape index (κ3) is 5.98. The Balaban J connectivity index is 2.53. The van der Waals surface area contributed by atoms with Crippen LogP contribution in [0.15, 0.2) is 0 Å². The first-order valence-electron chi connectivity index (χ1n) is 3.07. The molecule has 0 fully saturated rings. The molecule has 0 aliphatic heterocycles. The van der Waals surface area contributed by atoms with Gasteiger partial charge in [0, 0.05) is 6.61 Å². The quantitative estimate of drug-likeness (QED) is 0.300. The van der Waals surface area contributed by atoms with Crippen molar-refractivity contribution in [1.82, 2.24) is 0 Å². The fraction of sp³-hybridized carbons (Fsp3) is 1.00. The molecule has 0 spiro atoms. The number of rotatable bonds is 5. The first-order valence-corrected chi connectivity index (χ1v) is 3.07. The lowest BCUT2D eigenvalue weighted by Gasteiger charge is -1.98. The lowest BCUT2D eigenvalue weighted by Crippen LogP contribution is -2.02. The summed E-state index contributed by atoms with van der Waals surface area (Å²) in [6.45, 7) is 5.22. The molecule has 0 aliphatic rings. The molecule has 0 atom stereocenters. The predicted molar refractivity (Wildman–Crippen MR) is 35.2 cm³/mol. The van der Waals surface area contributed by atoms with Gasteiger partial charge in [-0.25, -0.2) is 0 Å².